The van der Waals surface area contributed by atoms with Crippen molar-refractivity contribution in [1.82, 2.24) is 0 Å². The van der Waals surface area contributed by atoms with Crippen LogP contribution in [0.2, 0.25) is 0 Å². The number of aliphatic hydroxyl groups is 1. The van der Waals surface area contributed by atoms with Gasteiger partial charge in [0, 0.05) is 11.5 Å². The van der Waals surface area contributed by atoms with Gasteiger partial charge in [0.15, 0.2) is 11.5 Å². The Labute approximate surface area is 164 Å². The summed E-state index contributed by atoms with van der Waals surface area (Å²) in [5.74, 6) is 0.262. The second-order valence-corrected chi connectivity index (χ2v) is 6.50. The minimum Gasteiger partial charge on any atom is -0.494 e. The Morgan fingerprint density at radius 2 is 1.75 bits per heavy atom. The quantitative estimate of drug-likeness (QED) is 0.763. The maximum atomic E-state index is 12.1. The van der Waals surface area contributed by atoms with Crippen LogP contribution < -0.4 is 14.2 Å². The fourth-order valence-corrected chi connectivity index (χ4v) is 3.67. The van der Waals surface area contributed by atoms with Gasteiger partial charge in [-0.05, 0) is 54.3 Å². The summed E-state index contributed by atoms with van der Waals surface area (Å²) < 4.78 is 16.3. The molecule has 28 heavy (non-hydrogen) atoms. The van der Waals surface area contributed by atoms with Crippen LogP contribution in [0.5, 0.6) is 17.2 Å². The Bertz CT molecular complexity index is 898. The van der Waals surface area contributed by atoms with Crippen LogP contribution in [0.25, 0.3) is 5.57 Å². The fourth-order valence-electron chi connectivity index (χ4n) is 3.67. The third-order valence-electron chi connectivity index (χ3n) is 4.93. The second-order valence-electron chi connectivity index (χ2n) is 6.50. The molecule has 0 fully saturated rings. The number of fused-ring (bicyclic) bond motifs is 1. The van der Waals surface area contributed by atoms with Gasteiger partial charge in [0.1, 0.15) is 5.75 Å². The highest BCUT2D eigenvalue weighted by molar-refractivity contribution is 6.03. The van der Waals surface area contributed by atoms with E-state index in [4.69, 9.17) is 14.2 Å². The third-order valence-corrected chi connectivity index (χ3v) is 4.93. The van der Waals surface area contributed by atoms with Gasteiger partial charge in [-0.1, -0.05) is 12.1 Å². The summed E-state index contributed by atoms with van der Waals surface area (Å²) in [6, 6.07) is 11.0. The van der Waals surface area contributed by atoms with E-state index in [0.29, 0.717) is 35.8 Å². The number of rotatable bonds is 7. The van der Waals surface area contributed by atoms with Crippen LogP contribution in [-0.2, 0) is 11.2 Å². The van der Waals surface area contributed by atoms with Crippen molar-refractivity contribution in [1.29, 1.82) is 0 Å². The van der Waals surface area contributed by atoms with E-state index in [2.05, 4.69) is 0 Å². The number of ether oxygens (including phenoxy) is 3. The lowest BCUT2D eigenvalue weighted by molar-refractivity contribution is -0.133. The van der Waals surface area contributed by atoms with Gasteiger partial charge in [0.2, 0.25) is 0 Å². The Morgan fingerprint density at radius 3 is 2.29 bits per heavy atom. The van der Waals surface area contributed by atoms with Gasteiger partial charge in [0.05, 0.1) is 33.0 Å². The molecular formula is C22H24O6. The SMILES string of the molecule is CCOc1ccc(C2=C(C(=O)O)C(CO)Cc3cc(OC)c(OC)cc32)cc1. The van der Waals surface area contributed by atoms with Gasteiger partial charge in [-0.2, -0.15) is 0 Å². The van der Waals surface area contributed by atoms with E-state index in [0.717, 1.165) is 16.7 Å². The van der Waals surface area contributed by atoms with Gasteiger partial charge < -0.3 is 24.4 Å². The number of carboxylic acid groups (broad SMARTS) is 1. The van der Waals surface area contributed by atoms with Crippen molar-refractivity contribution < 1.29 is 29.2 Å². The molecule has 6 nitrogen and oxygen atoms in total. The van der Waals surface area contributed by atoms with Gasteiger partial charge in [-0.15, -0.1) is 0 Å². The Morgan fingerprint density at radius 1 is 1.11 bits per heavy atom. The van der Waals surface area contributed by atoms with E-state index < -0.39 is 11.9 Å². The summed E-state index contributed by atoms with van der Waals surface area (Å²) in [5, 5.41) is 19.8. The summed E-state index contributed by atoms with van der Waals surface area (Å²) in [6.07, 6.45) is 0.411. The number of aliphatic hydroxyl groups excluding tert-OH is 1. The number of hydrogen-bond donors (Lipinski definition) is 2. The Hall–Kier alpha value is -2.99. The molecule has 0 heterocycles. The first kappa shape index (κ1) is 19.8. The molecule has 2 N–H and O–H groups in total. The van der Waals surface area contributed by atoms with Crippen molar-refractivity contribution in [2.75, 3.05) is 27.4 Å². The first-order chi connectivity index (χ1) is 13.5. The molecule has 0 saturated carbocycles. The molecule has 0 aliphatic heterocycles. The molecule has 3 rings (SSSR count). The molecule has 0 radical (unpaired) electrons. The number of aliphatic carboxylic acids is 1. The number of methoxy groups -OCH3 is 2. The van der Waals surface area contributed by atoms with Crippen LogP contribution in [-0.4, -0.2) is 43.6 Å². The normalized spacial score (nSPS) is 15.8. The maximum Gasteiger partial charge on any atom is 0.332 e. The van der Waals surface area contributed by atoms with Crippen LogP contribution in [0.4, 0.5) is 0 Å². The predicted octanol–water partition coefficient (Wildman–Crippen LogP) is 3.15. The average molecular weight is 384 g/mol. The largest absolute Gasteiger partial charge is 0.494 e. The van der Waals surface area contributed by atoms with E-state index in [1.807, 2.05) is 37.3 Å². The van der Waals surface area contributed by atoms with Crippen molar-refractivity contribution in [2.24, 2.45) is 5.92 Å². The smallest absolute Gasteiger partial charge is 0.332 e. The van der Waals surface area contributed by atoms with E-state index in [1.54, 1.807) is 20.3 Å². The summed E-state index contributed by atoms with van der Waals surface area (Å²) in [7, 11) is 3.10. The van der Waals surface area contributed by atoms with E-state index in [9.17, 15) is 15.0 Å². The number of hydrogen-bond acceptors (Lipinski definition) is 5. The van der Waals surface area contributed by atoms with Gasteiger partial charge in [0.25, 0.3) is 0 Å². The van der Waals surface area contributed by atoms with Crippen molar-refractivity contribution in [3.63, 3.8) is 0 Å². The maximum absolute atomic E-state index is 12.1. The molecule has 1 unspecified atom stereocenters. The van der Waals surface area contributed by atoms with Crippen molar-refractivity contribution in [3.8, 4) is 17.2 Å². The lowest BCUT2D eigenvalue weighted by Crippen LogP contribution is -2.25. The second kappa shape index (κ2) is 8.35. The Kier molecular flexibility index (Phi) is 5.90. The molecule has 0 amide bonds. The van der Waals surface area contributed by atoms with Crippen LogP contribution in [0.3, 0.4) is 0 Å². The minimum atomic E-state index is -1.04. The molecule has 0 aromatic heterocycles. The van der Waals surface area contributed by atoms with Crippen molar-refractivity contribution in [3.05, 3.63) is 58.7 Å². The molecule has 0 spiro atoms. The fraction of sp³-hybridized carbons (Fsp3) is 0.318. The van der Waals surface area contributed by atoms with Crippen LogP contribution in [0.1, 0.15) is 23.6 Å². The standard InChI is InChI=1S/C22H24O6/c1-4-28-16-7-5-13(6-8-16)20-17-11-19(27-3)18(26-2)10-14(17)9-15(12-23)21(20)22(24)25/h5-8,10-11,15,23H,4,9,12H2,1-3H3,(H,24,25). The molecule has 1 aliphatic rings. The van der Waals surface area contributed by atoms with E-state index in [1.165, 1.54) is 0 Å². The zero-order valence-electron chi connectivity index (χ0n) is 16.2. The highest BCUT2D eigenvalue weighted by atomic mass is 16.5. The lowest BCUT2D eigenvalue weighted by Gasteiger charge is -2.29. The number of carbonyl (C=O) groups is 1. The zero-order chi connectivity index (χ0) is 20.3. The molecule has 2 aromatic rings. The molecule has 6 heteroatoms. The topological polar surface area (TPSA) is 85.2 Å². The molecular weight excluding hydrogens is 360 g/mol. The molecule has 0 saturated heterocycles. The van der Waals surface area contributed by atoms with Gasteiger partial charge in [-0.3, -0.25) is 0 Å². The first-order valence-corrected chi connectivity index (χ1v) is 9.10. The predicted molar refractivity (Wildman–Crippen MR) is 105 cm³/mol. The van der Waals surface area contributed by atoms with Crippen LogP contribution in [0.15, 0.2) is 42.0 Å². The number of carboxylic acids is 1. The molecule has 148 valence electrons. The average Bonchev–Trinajstić information content (AvgIpc) is 2.71. The van der Waals surface area contributed by atoms with Gasteiger partial charge in [-0.25, -0.2) is 4.79 Å². The monoisotopic (exact) mass is 384 g/mol. The zero-order valence-corrected chi connectivity index (χ0v) is 16.2. The van der Waals surface area contributed by atoms with Crippen molar-refractivity contribution >= 4 is 11.5 Å². The van der Waals surface area contributed by atoms with Crippen LogP contribution in [0, 0.1) is 5.92 Å². The molecule has 1 atom stereocenters. The molecule has 0 bridgehead atoms. The summed E-state index contributed by atoms with van der Waals surface area (Å²) in [4.78, 5) is 12.1. The third kappa shape index (κ3) is 3.55. The highest BCUT2D eigenvalue weighted by Crippen LogP contribution is 2.43. The van der Waals surface area contributed by atoms with Crippen molar-refractivity contribution in [2.45, 2.75) is 13.3 Å². The summed E-state index contributed by atoms with van der Waals surface area (Å²) >= 11 is 0. The molecule has 2 aromatic carbocycles. The van der Waals surface area contributed by atoms with E-state index >= 15 is 0 Å². The minimum absolute atomic E-state index is 0.200. The van der Waals surface area contributed by atoms with E-state index in [-0.39, 0.29) is 12.2 Å². The van der Waals surface area contributed by atoms with Crippen LogP contribution >= 0.6 is 0 Å². The Balaban J connectivity index is 2.26. The molecule has 1 aliphatic carbocycles. The summed E-state index contributed by atoms with van der Waals surface area (Å²) in [6.45, 7) is 2.20. The highest BCUT2D eigenvalue weighted by Gasteiger charge is 2.33. The summed E-state index contributed by atoms with van der Waals surface area (Å²) in [5.41, 5.74) is 3.20. The van der Waals surface area contributed by atoms with Gasteiger partial charge >= 0.3 is 5.97 Å². The lowest BCUT2D eigenvalue weighted by atomic mass is 9.76. The number of benzene rings is 2. The first-order valence-electron chi connectivity index (χ1n) is 9.10.